The average molecular weight is 230 g/mol. The van der Waals surface area contributed by atoms with Gasteiger partial charge >= 0.3 is 0 Å². The van der Waals surface area contributed by atoms with Crippen molar-refractivity contribution >= 4 is 34.2 Å². The fraction of sp³-hybridized carbons (Fsp3) is 0.778. The number of amides is 1. The van der Waals surface area contributed by atoms with Gasteiger partial charge in [0.1, 0.15) is 4.32 Å². The Labute approximate surface area is 93.8 Å². The molecular weight excluding hydrogens is 216 g/mol. The highest BCUT2D eigenvalue weighted by Crippen LogP contribution is 2.26. The van der Waals surface area contributed by atoms with Crippen molar-refractivity contribution in [3.63, 3.8) is 0 Å². The molecule has 0 bridgehead atoms. The molecule has 3 nitrogen and oxygen atoms in total. The molecule has 0 aromatic carbocycles. The molecule has 0 aliphatic carbocycles. The van der Waals surface area contributed by atoms with Crippen molar-refractivity contribution in [3.8, 4) is 0 Å². The number of piperidine rings is 1. The van der Waals surface area contributed by atoms with Gasteiger partial charge in [-0.25, -0.2) is 0 Å². The Kier molecular flexibility index (Phi) is 3.09. The number of hydrogen-bond donors (Lipinski definition) is 0. The normalized spacial score (nSPS) is 26.2. The lowest BCUT2D eigenvalue weighted by Gasteiger charge is -2.34. The van der Waals surface area contributed by atoms with E-state index in [1.165, 1.54) is 11.8 Å². The number of rotatable bonds is 1. The van der Waals surface area contributed by atoms with Crippen molar-refractivity contribution < 1.29 is 4.79 Å². The zero-order valence-corrected chi connectivity index (χ0v) is 9.87. The van der Waals surface area contributed by atoms with Crippen LogP contribution < -0.4 is 0 Å². The molecule has 2 aliphatic rings. The monoisotopic (exact) mass is 230 g/mol. The van der Waals surface area contributed by atoms with Crippen LogP contribution in [0.5, 0.6) is 0 Å². The van der Waals surface area contributed by atoms with Gasteiger partial charge in [0.15, 0.2) is 0 Å². The van der Waals surface area contributed by atoms with Gasteiger partial charge in [0.2, 0.25) is 5.91 Å². The van der Waals surface area contributed by atoms with E-state index in [9.17, 15) is 4.79 Å². The van der Waals surface area contributed by atoms with E-state index in [0.29, 0.717) is 11.8 Å². The quantitative estimate of drug-likeness (QED) is 0.626. The summed E-state index contributed by atoms with van der Waals surface area (Å²) in [4.78, 5) is 15.7. The molecule has 2 heterocycles. The van der Waals surface area contributed by atoms with E-state index in [1.54, 1.807) is 0 Å². The molecule has 0 radical (unpaired) electrons. The molecular formula is C9H14N2OS2. The lowest BCUT2D eigenvalue weighted by atomic mass is 10.0. The fourth-order valence-corrected chi connectivity index (χ4v) is 3.17. The first-order chi connectivity index (χ1) is 6.68. The first kappa shape index (κ1) is 10.4. The van der Waals surface area contributed by atoms with Gasteiger partial charge < -0.3 is 4.90 Å². The van der Waals surface area contributed by atoms with Gasteiger partial charge in [-0.15, -0.1) is 0 Å². The molecule has 1 amide bonds. The van der Waals surface area contributed by atoms with E-state index in [-0.39, 0.29) is 5.91 Å². The molecule has 2 rings (SSSR count). The Morgan fingerprint density at radius 1 is 1.43 bits per heavy atom. The Morgan fingerprint density at radius 3 is 2.57 bits per heavy atom. The van der Waals surface area contributed by atoms with Gasteiger partial charge in [-0.05, 0) is 33.0 Å². The van der Waals surface area contributed by atoms with Crippen LogP contribution in [0.1, 0.15) is 12.8 Å². The molecule has 5 heteroatoms. The van der Waals surface area contributed by atoms with Crippen molar-refractivity contribution in [2.45, 2.75) is 18.9 Å². The van der Waals surface area contributed by atoms with Crippen molar-refractivity contribution in [2.75, 3.05) is 25.9 Å². The summed E-state index contributed by atoms with van der Waals surface area (Å²) in [6.45, 7) is 2.14. The van der Waals surface area contributed by atoms with Crippen LogP contribution in [-0.4, -0.2) is 52.0 Å². The Bertz CT molecular complexity index is 246. The molecule has 0 spiro atoms. The molecule has 0 saturated carbocycles. The summed E-state index contributed by atoms with van der Waals surface area (Å²) in [6.07, 6.45) is 2.12. The molecule has 2 fully saturated rings. The van der Waals surface area contributed by atoms with Gasteiger partial charge in [0.25, 0.3) is 0 Å². The predicted molar refractivity (Wildman–Crippen MR) is 62.4 cm³/mol. The van der Waals surface area contributed by atoms with Gasteiger partial charge in [0.05, 0.1) is 5.75 Å². The summed E-state index contributed by atoms with van der Waals surface area (Å²) in [5, 5.41) is 0. The number of thiocarbonyl (C=S) groups is 1. The lowest BCUT2D eigenvalue weighted by molar-refractivity contribution is -0.126. The first-order valence-electron chi connectivity index (χ1n) is 4.86. The van der Waals surface area contributed by atoms with Crippen LogP contribution in [0.25, 0.3) is 0 Å². The van der Waals surface area contributed by atoms with Gasteiger partial charge in [0, 0.05) is 6.04 Å². The second-order valence-electron chi connectivity index (χ2n) is 3.85. The van der Waals surface area contributed by atoms with Crippen LogP contribution in [0.2, 0.25) is 0 Å². The van der Waals surface area contributed by atoms with Crippen LogP contribution in [0, 0.1) is 0 Å². The van der Waals surface area contributed by atoms with Crippen LogP contribution in [0.4, 0.5) is 0 Å². The number of carbonyl (C=O) groups excluding carboxylic acids is 1. The van der Waals surface area contributed by atoms with Crippen LogP contribution in [0.3, 0.4) is 0 Å². The Morgan fingerprint density at radius 2 is 2.07 bits per heavy atom. The average Bonchev–Trinajstić information content (AvgIpc) is 2.49. The fourth-order valence-electron chi connectivity index (χ4n) is 1.97. The van der Waals surface area contributed by atoms with E-state index >= 15 is 0 Å². The molecule has 2 saturated heterocycles. The molecule has 0 unspecified atom stereocenters. The molecule has 0 aromatic heterocycles. The summed E-state index contributed by atoms with van der Waals surface area (Å²) in [5.41, 5.74) is 0. The van der Waals surface area contributed by atoms with Gasteiger partial charge in [-0.2, -0.15) is 0 Å². The summed E-state index contributed by atoms with van der Waals surface area (Å²) in [6, 6.07) is 0.362. The van der Waals surface area contributed by atoms with E-state index < -0.39 is 0 Å². The molecule has 0 aromatic rings. The minimum atomic E-state index is 0.203. The maximum atomic E-state index is 11.6. The third-order valence-corrected chi connectivity index (χ3v) is 4.22. The second-order valence-corrected chi connectivity index (χ2v) is 5.46. The maximum Gasteiger partial charge on any atom is 0.238 e. The lowest BCUT2D eigenvalue weighted by Crippen LogP contribution is -2.45. The van der Waals surface area contributed by atoms with Crippen molar-refractivity contribution in [1.82, 2.24) is 9.80 Å². The number of carbonyl (C=O) groups is 1. The standard InChI is InChI=1S/C9H14N2OS2/c1-10-4-2-7(3-5-10)11-8(12)6-14-9(11)13/h7H,2-6H2,1H3. The molecule has 78 valence electrons. The minimum Gasteiger partial charge on any atom is -0.306 e. The number of hydrogen-bond acceptors (Lipinski definition) is 4. The zero-order valence-electron chi connectivity index (χ0n) is 8.23. The summed E-state index contributed by atoms with van der Waals surface area (Å²) in [5.74, 6) is 0.750. The third kappa shape index (κ3) is 1.94. The molecule has 2 aliphatic heterocycles. The summed E-state index contributed by atoms with van der Waals surface area (Å²) >= 11 is 6.68. The minimum absolute atomic E-state index is 0.203. The highest BCUT2D eigenvalue weighted by Gasteiger charge is 2.34. The molecule has 14 heavy (non-hydrogen) atoms. The summed E-state index contributed by atoms with van der Waals surface area (Å²) in [7, 11) is 2.12. The van der Waals surface area contributed by atoms with Crippen LogP contribution >= 0.6 is 24.0 Å². The van der Waals surface area contributed by atoms with E-state index in [4.69, 9.17) is 12.2 Å². The molecule has 0 N–H and O–H groups in total. The Balaban J connectivity index is 2.00. The van der Waals surface area contributed by atoms with Gasteiger partial charge in [-0.1, -0.05) is 24.0 Å². The Hall–Kier alpha value is -0.130. The number of nitrogens with zero attached hydrogens (tertiary/aromatic N) is 2. The van der Waals surface area contributed by atoms with Crippen LogP contribution in [-0.2, 0) is 4.79 Å². The predicted octanol–water partition coefficient (Wildman–Crippen LogP) is 0.941. The van der Waals surface area contributed by atoms with Crippen molar-refractivity contribution in [2.24, 2.45) is 0 Å². The van der Waals surface area contributed by atoms with Crippen molar-refractivity contribution in [1.29, 1.82) is 0 Å². The largest absolute Gasteiger partial charge is 0.306 e. The SMILES string of the molecule is CN1CCC(N2C(=O)CSC2=S)CC1. The second kappa shape index (κ2) is 4.16. The van der Waals surface area contributed by atoms with E-state index in [2.05, 4.69) is 11.9 Å². The molecule has 0 atom stereocenters. The topological polar surface area (TPSA) is 23.6 Å². The van der Waals surface area contributed by atoms with Crippen molar-refractivity contribution in [3.05, 3.63) is 0 Å². The third-order valence-electron chi connectivity index (χ3n) is 2.84. The first-order valence-corrected chi connectivity index (χ1v) is 6.25. The van der Waals surface area contributed by atoms with Crippen LogP contribution in [0.15, 0.2) is 0 Å². The maximum absolute atomic E-state index is 11.6. The zero-order chi connectivity index (χ0) is 10.1. The highest BCUT2D eigenvalue weighted by molar-refractivity contribution is 8.23. The van der Waals surface area contributed by atoms with Gasteiger partial charge in [-0.3, -0.25) is 9.69 Å². The highest BCUT2D eigenvalue weighted by atomic mass is 32.2. The summed E-state index contributed by atoms with van der Waals surface area (Å²) < 4.78 is 0.782. The van der Waals surface area contributed by atoms with E-state index in [1.807, 2.05) is 4.90 Å². The van der Waals surface area contributed by atoms with E-state index in [0.717, 1.165) is 30.3 Å². The number of thioether (sulfide) groups is 1. The number of likely N-dealkylation sites (tertiary alicyclic amines) is 1. The smallest absolute Gasteiger partial charge is 0.238 e.